The zero-order valence-corrected chi connectivity index (χ0v) is 14.9. The largest absolute Gasteiger partial charge is 0.477 e. The molecule has 0 spiro atoms. The number of nitro benzene ring substituents is 1. The quantitative estimate of drug-likeness (QED) is 0.271. The minimum atomic E-state index is -1.14. The molecule has 1 aromatic carbocycles. The van der Waals surface area contributed by atoms with Crippen molar-refractivity contribution in [2.75, 3.05) is 0 Å². The number of hydrogen-bond donors (Lipinski definition) is 2. The Bertz CT molecular complexity index is 1020. The number of furan rings is 1. The Labute approximate surface area is 157 Å². The van der Waals surface area contributed by atoms with Crippen LogP contribution in [-0.2, 0) is 11.2 Å². The van der Waals surface area contributed by atoms with E-state index in [1.54, 1.807) is 24.3 Å². The fraction of sp³-hybridized carbons (Fsp3) is 0.118. The molecule has 0 atom stereocenters. The number of aromatic nitrogens is 3. The second kappa shape index (κ2) is 7.87. The highest BCUT2D eigenvalue weighted by Gasteiger charge is 2.15. The van der Waals surface area contributed by atoms with Crippen LogP contribution in [0.4, 0.5) is 5.69 Å². The third kappa shape index (κ3) is 4.42. The topological polar surface area (TPSA) is 135 Å². The molecule has 0 aliphatic rings. The van der Waals surface area contributed by atoms with Crippen molar-refractivity contribution in [3.8, 4) is 11.3 Å². The number of H-pyrrole nitrogens is 1. The summed E-state index contributed by atoms with van der Waals surface area (Å²) in [7, 11) is 0. The Balaban J connectivity index is 1.85. The van der Waals surface area contributed by atoms with Crippen LogP contribution in [0.2, 0.25) is 0 Å². The van der Waals surface area contributed by atoms with Crippen LogP contribution in [0.5, 0.6) is 0 Å². The average Bonchev–Trinajstić information content (AvgIpc) is 3.30. The van der Waals surface area contributed by atoms with Crippen LogP contribution >= 0.6 is 11.8 Å². The van der Waals surface area contributed by atoms with E-state index in [1.807, 2.05) is 6.92 Å². The Morgan fingerprint density at radius 2 is 2.22 bits per heavy atom. The first-order valence-corrected chi connectivity index (χ1v) is 8.66. The van der Waals surface area contributed by atoms with Gasteiger partial charge in [0.05, 0.1) is 4.92 Å². The van der Waals surface area contributed by atoms with Gasteiger partial charge in [0.2, 0.25) is 5.16 Å². The lowest BCUT2D eigenvalue weighted by molar-refractivity contribution is -0.384. The lowest BCUT2D eigenvalue weighted by atomic mass is 10.1. The highest BCUT2D eigenvalue weighted by molar-refractivity contribution is 8.04. The molecule has 3 rings (SSSR count). The molecule has 2 heterocycles. The number of carboxylic acid groups (broad SMARTS) is 1. The summed E-state index contributed by atoms with van der Waals surface area (Å²) in [6.07, 6.45) is 2.01. The van der Waals surface area contributed by atoms with Crippen molar-refractivity contribution >= 4 is 29.5 Å². The van der Waals surface area contributed by atoms with Gasteiger partial charge in [0.25, 0.3) is 5.69 Å². The van der Waals surface area contributed by atoms with Gasteiger partial charge in [-0.2, -0.15) is 0 Å². The first kappa shape index (κ1) is 18.4. The third-order valence-corrected chi connectivity index (χ3v) is 4.38. The van der Waals surface area contributed by atoms with Gasteiger partial charge in [-0.25, -0.2) is 9.78 Å². The number of carbonyl (C=O) groups is 1. The number of rotatable bonds is 7. The lowest BCUT2D eigenvalue weighted by Gasteiger charge is -1.98. The van der Waals surface area contributed by atoms with E-state index in [4.69, 9.17) is 4.42 Å². The second-order valence-electron chi connectivity index (χ2n) is 5.34. The van der Waals surface area contributed by atoms with Crippen molar-refractivity contribution in [2.45, 2.75) is 18.5 Å². The highest BCUT2D eigenvalue weighted by Crippen LogP contribution is 2.29. The van der Waals surface area contributed by atoms with Gasteiger partial charge in [0, 0.05) is 30.2 Å². The van der Waals surface area contributed by atoms with Gasteiger partial charge in [-0.1, -0.05) is 19.1 Å². The molecular weight excluding hydrogens is 372 g/mol. The molecule has 0 fully saturated rings. The second-order valence-corrected chi connectivity index (χ2v) is 6.35. The number of carboxylic acids is 1. The number of aromatic amines is 1. The number of nitrogens with zero attached hydrogens (tertiary/aromatic N) is 3. The number of non-ortho nitro benzene ring substituents is 1. The van der Waals surface area contributed by atoms with Gasteiger partial charge >= 0.3 is 5.97 Å². The molecule has 0 aliphatic carbocycles. The van der Waals surface area contributed by atoms with Crippen molar-refractivity contribution in [1.82, 2.24) is 15.2 Å². The normalized spacial score (nSPS) is 11.5. The molecule has 138 valence electrons. The predicted octanol–water partition coefficient (Wildman–Crippen LogP) is 3.75. The fourth-order valence-electron chi connectivity index (χ4n) is 2.20. The maximum absolute atomic E-state index is 11.5. The molecule has 2 N–H and O–H groups in total. The smallest absolute Gasteiger partial charge is 0.342 e. The molecule has 0 unspecified atom stereocenters. The number of nitrogens with one attached hydrogen (secondary N) is 1. The molecule has 10 heteroatoms. The number of nitro groups is 1. The summed E-state index contributed by atoms with van der Waals surface area (Å²) in [5.74, 6) is 0.211. The SMILES string of the molecule is CCc1nc(S/C(=C/c2ccc(-c3cccc([N+](=O)[O-])c3)o2)C(=O)O)n[nH]1. The molecule has 2 aromatic heterocycles. The predicted molar refractivity (Wildman–Crippen MR) is 98.0 cm³/mol. The van der Waals surface area contributed by atoms with E-state index in [1.165, 1.54) is 18.2 Å². The molecule has 0 bridgehead atoms. The van der Waals surface area contributed by atoms with E-state index in [-0.39, 0.29) is 10.6 Å². The Kier molecular flexibility index (Phi) is 5.36. The zero-order valence-electron chi connectivity index (χ0n) is 14.1. The molecule has 27 heavy (non-hydrogen) atoms. The monoisotopic (exact) mass is 386 g/mol. The number of thioether (sulfide) groups is 1. The van der Waals surface area contributed by atoms with Crippen LogP contribution in [0.25, 0.3) is 17.4 Å². The van der Waals surface area contributed by atoms with Gasteiger partial charge in [0.1, 0.15) is 22.3 Å². The minimum Gasteiger partial charge on any atom is -0.477 e. The molecule has 0 radical (unpaired) electrons. The third-order valence-electron chi connectivity index (χ3n) is 3.50. The first-order chi connectivity index (χ1) is 13.0. The Morgan fingerprint density at radius 3 is 2.89 bits per heavy atom. The summed E-state index contributed by atoms with van der Waals surface area (Å²) >= 11 is 0.898. The molecule has 0 saturated heterocycles. The summed E-state index contributed by atoms with van der Waals surface area (Å²) in [5, 5.41) is 27.3. The minimum absolute atomic E-state index is 0.0170. The van der Waals surface area contributed by atoms with Gasteiger partial charge in [-0.3, -0.25) is 15.2 Å². The maximum atomic E-state index is 11.5. The maximum Gasteiger partial charge on any atom is 0.342 e. The van der Waals surface area contributed by atoms with Crippen molar-refractivity contribution in [2.24, 2.45) is 0 Å². The van der Waals surface area contributed by atoms with Gasteiger partial charge in [-0.05, 0) is 23.9 Å². The molecule has 9 nitrogen and oxygen atoms in total. The van der Waals surface area contributed by atoms with Crippen molar-refractivity contribution in [3.63, 3.8) is 0 Å². The standard InChI is InChI=1S/C17H14N4O5S/c1-2-15-18-17(20-19-15)27-14(16(22)23)9-12-6-7-13(26-12)10-4-3-5-11(8-10)21(24)25/h3-9H,2H2,1H3,(H,22,23)(H,18,19,20)/b14-9+. The number of aryl methyl sites for hydroxylation is 1. The van der Waals surface area contributed by atoms with E-state index in [2.05, 4.69) is 15.2 Å². The van der Waals surface area contributed by atoms with E-state index in [0.717, 1.165) is 11.8 Å². The van der Waals surface area contributed by atoms with E-state index in [9.17, 15) is 20.0 Å². The number of hydrogen-bond acceptors (Lipinski definition) is 7. The molecule has 0 amide bonds. The van der Waals surface area contributed by atoms with Crippen molar-refractivity contribution in [1.29, 1.82) is 0 Å². The van der Waals surface area contributed by atoms with E-state index >= 15 is 0 Å². The molecular formula is C17H14N4O5S. The summed E-state index contributed by atoms with van der Waals surface area (Å²) in [4.78, 5) is 26.1. The van der Waals surface area contributed by atoms with Gasteiger partial charge in [0.15, 0.2) is 0 Å². The summed E-state index contributed by atoms with van der Waals surface area (Å²) in [6, 6.07) is 9.21. The van der Waals surface area contributed by atoms with Crippen molar-refractivity contribution in [3.05, 3.63) is 63.0 Å². The Hall–Kier alpha value is -3.40. The zero-order chi connectivity index (χ0) is 19.4. The van der Waals surface area contributed by atoms with Gasteiger partial charge < -0.3 is 9.52 Å². The van der Waals surface area contributed by atoms with Crippen LogP contribution in [0.3, 0.4) is 0 Å². The van der Waals surface area contributed by atoms with E-state index < -0.39 is 10.9 Å². The molecule has 3 aromatic rings. The van der Waals surface area contributed by atoms with E-state index in [0.29, 0.717) is 34.5 Å². The fourth-order valence-corrected chi connectivity index (χ4v) is 2.91. The molecule has 0 aliphatic heterocycles. The first-order valence-electron chi connectivity index (χ1n) is 7.85. The van der Waals surface area contributed by atoms with Crippen LogP contribution in [0, 0.1) is 10.1 Å². The van der Waals surface area contributed by atoms with Crippen LogP contribution in [0.1, 0.15) is 18.5 Å². The summed E-state index contributed by atoms with van der Waals surface area (Å²) < 4.78 is 5.62. The number of benzene rings is 1. The lowest BCUT2D eigenvalue weighted by Crippen LogP contribution is -1.97. The van der Waals surface area contributed by atoms with Crippen LogP contribution < -0.4 is 0 Å². The highest BCUT2D eigenvalue weighted by atomic mass is 32.2. The average molecular weight is 386 g/mol. The van der Waals surface area contributed by atoms with Crippen LogP contribution in [0.15, 0.2) is 50.9 Å². The Morgan fingerprint density at radius 1 is 1.41 bits per heavy atom. The van der Waals surface area contributed by atoms with Crippen LogP contribution in [-0.4, -0.2) is 31.2 Å². The van der Waals surface area contributed by atoms with Gasteiger partial charge in [-0.15, -0.1) is 5.10 Å². The summed E-state index contributed by atoms with van der Waals surface area (Å²) in [5.41, 5.74) is 0.467. The van der Waals surface area contributed by atoms with Crippen molar-refractivity contribution < 1.29 is 19.2 Å². The molecule has 0 saturated carbocycles. The summed E-state index contributed by atoms with van der Waals surface area (Å²) in [6.45, 7) is 1.90. The number of aliphatic carboxylic acids is 1.